The van der Waals surface area contributed by atoms with Gasteiger partial charge >= 0.3 is 0 Å². The first kappa shape index (κ1) is 12.9. The van der Waals surface area contributed by atoms with E-state index in [9.17, 15) is 0 Å². The van der Waals surface area contributed by atoms with Gasteiger partial charge in [0.05, 0.1) is 33.2 Å². The number of fused-ring (bicyclic) bond motifs is 1. The number of likely N-dealkylation sites (N-methyl/N-ethyl adjacent to an activating group) is 1. The van der Waals surface area contributed by atoms with Crippen molar-refractivity contribution in [2.75, 3.05) is 38.1 Å². The van der Waals surface area contributed by atoms with E-state index in [2.05, 4.69) is 29.5 Å². The highest BCUT2D eigenvalue weighted by atomic mass is 32.1. The van der Waals surface area contributed by atoms with Gasteiger partial charge in [0.2, 0.25) is 0 Å². The molecule has 1 saturated heterocycles. The van der Waals surface area contributed by atoms with Gasteiger partial charge in [-0.15, -0.1) is 11.3 Å². The van der Waals surface area contributed by atoms with Gasteiger partial charge in [-0.3, -0.25) is 0 Å². The Bertz CT molecular complexity index is 723. The van der Waals surface area contributed by atoms with E-state index in [4.69, 9.17) is 9.40 Å². The highest BCUT2D eigenvalue weighted by molar-refractivity contribution is 7.14. The van der Waals surface area contributed by atoms with E-state index in [1.165, 1.54) is 13.1 Å². The molecule has 0 unspecified atom stereocenters. The zero-order valence-corrected chi connectivity index (χ0v) is 12.8. The number of anilines is 1. The average molecular weight is 300 g/mol. The fourth-order valence-electron chi connectivity index (χ4n) is 2.71. The second kappa shape index (κ2) is 5.16. The first-order chi connectivity index (χ1) is 10.3. The molecule has 21 heavy (non-hydrogen) atoms. The molecule has 0 bridgehead atoms. The zero-order valence-electron chi connectivity index (χ0n) is 12.0. The maximum Gasteiger partial charge on any atom is 0.186 e. The third kappa shape index (κ3) is 2.43. The smallest absolute Gasteiger partial charge is 0.186 e. The van der Waals surface area contributed by atoms with Crippen LogP contribution in [0.4, 0.5) is 5.13 Å². The van der Waals surface area contributed by atoms with Crippen LogP contribution in [0.2, 0.25) is 0 Å². The number of thiazole rings is 1. The van der Waals surface area contributed by atoms with Crippen LogP contribution in [0.1, 0.15) is 0 Å². The fraction of sp³-hybridized carbons (Fsp3) is 0.312. The molecule has 3 heterocycles. The summed E-state index contributed by atoms with van der Waals surface area (Å²) in [5, 5.41) is 4.33. The Morgan fingerprint density at radius 2 is 2.05 bits per heavy atom. The molecule has 0 atom stereocenters. The molecule has 2 aromatic heterocycles. The van der Waals surface area contributed by atoms with Gasteiger partial charge in [0, 0.05) is 10.8 Å². The molecular weight excluding hydrogens is 282 g/mol. The van der Waals surface area contributed by atoms with Crippen LogP contribution in [0.3, 0.4) is 0 Å². The number of hydrogen-bond donors (Lipinski definition) is 1. The summed E-state index contributed by atoms with van der Waals surface area (Å²) in [5.74, 6) is 0.860. The van der Waals surface area contributed by atoms with Crippen molar-refractivity contribution in [3.05, 3.63) is 35.7 Å². The number of rotatable bonds is 2. The van der Waals surface area contributed by atoms with Gasteiger partial charge in [-0.25, -0.2) is 4.98 Å². The maximum atomic E-state index is 5.89. The van der Waals surface area contributed by atoms with Gasteiger partial charge in [-0.05, 0) is 12.1 Å². The Hall–Kier alpha value is -1.85. The Morgan fingerprint density at radius 1 is 1.24 bits per heavy atom. The van der Waals surface area contributed by atoms with Crippen LogP contribution in [-0.2, 0) is 0 Å². The number of piperazine rings is 1. The number of para-hydroxylation sites is 1. The molecule has 0 spiro atoms. The minimum atomic E-state index is 0.860. The summed E-state index contributed by atoms with van der Waals surface area (Å²) in [4.78, 5) is 8.74. The van der Waals surface area contributed by atoms with Crippen molar-refractivity contribution in [3.8, 4) is 11.5 Å². The molecule has 0 radical (unpaired) electrons. The van der Waals surface area contributed by atoms with Crippen LogP contribution in [0, 0.1) is 0 Å². The Labute approximate surface area is 127 Å². The molecule has 1 aromatic carbocycles. The minimum Gasteiger partial charge on any atom is -0.454 e. The highest BCUT2D eigenvalue weighted by Gasteiger charge is 2.20. The lowest BCUT2D eigenvalue weighted by molar-refractivity contribution is -0.880. The lowest BCUT2D eigenvalue weighted by Gasteiger charge is -2.29. The quantitative estimate of drug-likeness (QED) is 0.785. The second-order valence-electron chi connectivity index (χ2n) is 5.61. The Kier molecular flexibility index (Phi) is 3.16. The van der Waals surface area contributed by atoms with Crippen molar-refractivity contribution in [1.82, 2.24) is 4.98 Å². The van der Waals surface area contributed by atoms with Gasteiger partial charge in [-0.1, -0.05) is 18.2 Å². The molecule has 0 amide bonds. The first-order valence-corrected chi connectivity index (χ1v) is 8.18. The van der Waals surface area contributed by atoms with Gasteiger partial charge in [0.15, 0.2) is 10.9 Å². The molecule has 1 N–H and O–H groups in total. The largest absolute Gasteiger partial charge is 0.454 e. The van der Waals surface area contributed by atoms with Crippen molar-refractivity contribution in [2.24, 2.45) is 0 Å². The molecule has 108 valence electrons. The van der Waals surface area contributed by atoms with Crippen LogP contribution >= 0.6 is 11.3 Å². The van der Waals surface area contributed by atoms with Gasteiger partial charge in [-0.2, -0.15) is 0 Å². The number of nitrogens with one attached hydrogen (secondary N) is 1. The molecular formula is C16H18N3OS+. The van der Waals surface area contributed by atoms with Crippen LogP contribution in [0.25, 0.3) is 22.4 Å². The molecule has 4 nitrogen and oxygen atoms in total. The SMILES string of the molecule is C[NH+]1CCN(c2nc(-c3cc4ccccc4o3)cs2)CC1. The van der Waals surface area contributed by atoms with Crippen LogP contribution in [-0.4, -0.2) is 38.2 Å². The summed E-state index contributed by atoms with van der Waals surface area (Å²) in [6.07, 6.45) is 0. The topological polar surface area (TPSA) is 33.7 Å². The second-order valence-corrected chi connectivity index (χ2v) is 6.44. The Balaban J connectivity index is 1.61. The minimum absolute atomic E-state index is 0.860. The van der Waals surface area contributed by atoms with Crippen LogP contribution < -0.4 is 9.80 Å². The van der Waals surface area contributed by atoms with Crippen molar-refractivity contribution >= 4 is 27.4 Å². The van der Waals surface area contributed by atoms with Crippen LogP contribution in [0.15, 0.2) is 40.1 Å². The summed E-state index contributed by atoms with van der Waals surface area (Å²) < 4.78 is 5.89. The molecule has 1 aliphatic heterocycles. The lowest BCUT2D eigenvalue weighted by atomic mass is 10.2. The predicted molar refractivity (Wildman–Crippen MR) is 86.2 cm³/mol. The van der Waals surface area contributed by atoms with Gasteiger partial charge in [0.1, 0.15) is 11.3 Å². The van der Waals surface area contributed by atoms with Gasteiger partial charge < -0.3 is 14.2 Å². The summed E-state index contributed by atoms with van der Waals surface area (Å²) >= 11 is 1.71. The highest BCUT2D eigenvalue weighted by Crippen LogP contribution is 2.31. The average Bonchev–Trinajstić information content (AvgIpc) is 3.14. The number of aromatic nitrogens is 1. The van der Waals surface area contributed by atoms with E-state index in [1.807, 2.05) is 18.2 Å². The predicted octanol–water partition coefficient (Wildman–Crippen LogP) is 1.89. The summed E-state index contributed by atoms with van der Waals surface area (Å²) in [5.41, 5.74) is 1.86. The molecule has 0 saturated carbocycles. The van der Waals surface area contributed by atoms with Crippen LogP contribution in [0.5, 0.6) is 0 Å². The lowest BCUT2D eigenvalue weighted by Crippen LogP contribution is -3.12. The van der Waals surface area contributed by atoms with E-state index in [1.54, 1.807) is 16.2 Å². The third-order valence-electron chi connectivity index (χ3n) is 4.06. The van der Waals surface area contributed by atoms with Crippen molar-refractivity contribution in [3.63, 3.8) is 0 Å². The number of quaternary nitrogens is 1. The first-order valence-electron chi connectivity index (χ1n) is 7.30. The standard InChI is InChI=1S/C16H17N3OS/c1-18-6-8-19(9-7-18)16-17-13(11-21-16)15-10-12-4-2-3-5-14(12)20-15/h2-5,10-11H,6-9H2,1H3/p+1. The molecule has 1 fully saturated rings. The summed E-state index contributed by atoms with van der Waals surface area (Å²) in [6.45, 7) is 4.52. The monoisotopic (exact) mass is 300 g/mol. The Morgan fingerprint density at radius 3 is 2.86 bits per heavy atom. The molecule has 3 aromatic rings. The molecule has 4 rings (SSSR count). The van der Waals surface area contributed by atoms with Gasteiger partial charge in [0.25, 0.3) is 0 Å². The number of benzene rings is 1. The molecule has 0 aliphatic carbocycles. The number of furan rings is 1. The third-order valence-corrected chi connectivity index (χ3v) is 4.96. The number of nitrogens with zero attached hydrogens (tertiary/aromatic N) is 2. The van der Waals surface area contributed by atoms with E-state index in [-0.39, 0.29) is 0 Å². The van der Waals surface area contributed by atoms with E-state index in [0.717, 1.165) is 40.6 Å². The summed E-state index contributed by atoms with van der Waals surface area (Å²) in [6, 6.07) is 10.2. The maximum absolute atomic E-state index is 5.89. The zero-order chi connectivity index (χ0) is 14.2. The molecule has 5 heteroatoms. The van der Waals surface area contributed by atoms with E-state index in [0.29, 0.717) is 0 Å². The van der Waals surface area contributed by atoms with Crippen molar-refractivity contribution in [2.45, 2.75) is 0 Å². The van der Waals surface area contributed by atoms with E-state index < -0.39 is 0 Å². The van der Waals surface area contributed by atoms with Crippen molar-refractivity contribution in [1.29, 1.82) is 0 Å². The number of hydrogen-bond acceptors (Lipinski definition) is 4. The van der Waals surface area contributed by atoms with Crippen molar-refractivity contribution < 1.29 is 9.32 Å². The molecule has 1 aliphatic rings. The van der Waals surface area contributed by atoms with E-state index >= 15 is 0 Å². The normalized spacial score (nSPS) is 16.7. The summed E-state index contributed by atoms with van der Waals surface area (Å²) in [7, 11) is 2.25. The fourth-order valence-corrected chi connectivity index (χ4v) is 3.58.